The molecule has 0 amide bonds. The van der Waals surface area contributed by atoms with Crippen LogP contribution < -0.4 is 0 Å². The quantitative estimate of drug-likeness (QED) is 0.367. The SMILES string of the molecule is CCC(=O)OC1=C(OCC(O)CO)C(=O)OC1C(O)CO. The van der Waals surface area contributed by atoms with Gasteiger partial charge in [-0.25, -0.2) is 4.79 Å². The fourth-order valence-corrected chi connectivity index (χ4v) is 1.46. The molecule has 0 radical (unpaired) electrons. The van der Waals surface area contributed by atoms with Gasteiger partial charge in [0.15, 0.2) is 6.10 Å². The second-order valence-electron chi connectivity index (χ2n) is 4.24. The van der Waals surface area contributed by atoms with E-state index in [0.717, 1.165) is 0 Å². The molecular formula is C12H18O9. The van der Waals surface area contributed by atoms with Gasteiger partial charge in [0.25, 0.3) is 0 Å². The van der Waals surface area contributed by atoms with Crippen molar-refractivity contribution >= 4 is 11.9 Å². The van der Waals surface area contributed by atoms with Crippen molar-refractivity contribution < 1.29 is 44.2 Å². The smallest absolute Gasteiger partial charge is 0.378 e. The van der Waals surface area contributed by atoms with Crippen molar-refractivity contribution in [2.45, 2.75) is 31.7 Å². The largest absolute Gasteiger partial charge is 0.481 e. The van der Waals surface area contributed by atoms with Gasteiger partial charge in [-0.15, -0.1) is 0 Å². The lowest BCUT2D eigenvalue weighted by Crippen LogP contribution is -2.33. The molecule has 1 heterocycles. The van der Waals surface area contributed by atoms with Crippen molar-refractivity contribution in [3.8, 4) is 0 Å². The van der Waals surface area contributed by atoms with Crippen LogP contribution in [-0.2, 0) is 23.8 Å². The predicted molar refractivity (Wildman–Crippen MR) is 65.4 cm³/mol. The molecule has 3 unspecified atom stereocenters. The summed E-state index contributed by atoms with van der Waals surface area (Å²) in [7, 11) is 0. The molecule has 0 aromatic carbocycles. The lowest BCUT2D eigenvalue weighted by atomic mass is 10.2. The highest BCUT2D eigenvalue weighted by molar-refractivity contribution is 5.90. The maximum absolute atomic E-state index is 11.7. The predicted octanol–water partition coefficient (Wildman–Crippen LogP) is -2.20. The van der Waals surface area contributed by atoms with Crippen LogP contribution in [0.2, 0.25) is 0 Å². The average molecular weight is 306 g/mol. The Morgan fingerprint density at radius 2 is 2.00 bits per heavy atom. The van der Waals surface area contributed by atoms with E-state index in [0.29, 0.717) is 0 Å². The van der Waals surface area contributed by atoms with E-state index in [1.54, 1.807) is 0 Å². The molecule has 3 atom stereocenters. The molecule has 9 heteroatoms. The van der Waals surface area contributed by atoms with Crippen molar-refractivity contribution in [2.75, 3.05) is 19.8 Å². The van der Waals surface area contributed by atoms with Crippen LogP contribution in [-0.4, -0.2) is 70.5 Å². The molecule has 21 heavy (non-hydrogen) atoms. The summed E-state index contributed by atoms with van der Waals surface area (Å²) >= 11 is 0. The molecule has 0 fully saturated rings. The first-order chi connectivity index (χ1) is 9.94. The number of carbonyl (C=O) groups excluding carboxylic acids is 2. The van der Waals surface area contributed by atoms with Gasteiger partial charge >= 0.3 is 11.9 Å². The van der Waals surface area contributed by atoms with Gasteiger partial charge in [-0.2, -0.15) is 0 Å². The van der Waals surface area contributed by atoms with Crippen LogP contribution >= 0.6 is 0 Å². The number of cyclic esters (lactones) is 1. The Labute approximate surface area is 120 Å². The molecule has 0 saturated carbocycles. The molecule has 1 aliphatic heterocycles. The topological polar surface area (TPSA) is 143 Å². The Kier molecular flexibility index (Phi) is 6.56. The van der Waals surface area contributed by atoms with Gasteiger partial charge in [-0.05, 0) is 0 Å². The molecule has 0 saturated heterocycles. The Morgan fingerprint density at radius 3 is 2.52 bits per heavy atom. The normalized spacial score (nSPS) is 21.0. The number of aliphatic hydroxyl groups is 4. The lowest BCUT2D eigenvalue weighted by molar-refractivity contribution is -0.151. The highest BCUT2D eigenvalue weighted by Crippen LogP contribution is 2.27. The summed E-state index contributed by atoms with van der Waals surface area (Å²) in [5, 5.41) is 36.4. The van der Waals surface area contributed by atoms with Gasteiger partial charge in [0.2, 0.25) is 11.5 Å². The van der Waals surface area contributed by atoms with Gasteiger partial charge in [-0.3, -0.25) is 4.79 Å². The first-order valence-electron chi connectivity index (χ1n) is 6.31. The Morgan fingerprint density at radius 1 is 1.33 bits per heavy atom. The van der Waals surface area contributed by atoms with Crippen molar-refractivity contribution in [3.05, 3.63) is 11.5 Å². The van der Waals surface area contributed by atoms with Crippen LogP contribution in [0.5, 0.6) is 0 Å². The Bertz CT molecular complexity index is 417. The lowest BCUT2D eigenvalue weighted by Gasteiger charge is -2.17. The molecule has 0 aliphatic carbocycles. The van der Waals surface area contributed by atoms with E-state index in [-0.39, 0.29) is 12.2 Å². The molecule has 0 bridgehead atoms. The number of hydrogen-bond acceptors (Lipinski definition) is 9. The summed E-state index contributed by atoms with van der Waals surface area (Å²) in [5.41, 5.74) is 0. The number of hydrogen-bond donors (Lipinski definition) is 4. The van der Waals surface area contributed by atoms with Crippen molar-refractivity contribution in [1.82, 2.24) is 0 Å². The zero-order chi connectivity index (χ0) is 16.0. The first-order valence-corrected chi connectivity index (χ1v) is 6.31. The van der Waals surface area contributed by atoms with E-state index in [4.69, 9.17) is 24.4 Å². The average Bonchev–Trinajstić information content (AvgIpc) is 2.79. The molecule has 4 N–H and O–H groups in total. The van der Waals surface area contributed by atoms with Crippen molar-refractivity contribution in [3.63, 3.8) is 0 Å². The summed E-state index contributed by atoms with van der Waals surface area (Å²) in [6.45, 7) is -0.225. The van der Waals surface area contributed by atoms with E-state index in [2.05, 4.69) is 0 Å². The Balaban J connectivity index is 2.97. The van der Waals surface area contributed by atoms with Gasteiger partial charge < -0.3 is 34.6 Å². The monoisotopic (exact) mass is 306 g/mol. The number of carbonyl (C=O) groups is 2. The Hall–Kier alpha value is -1.68. The van der Waals surface area contributed by atoms with Crippen molar-refractivity contribution in [2.24, 2.45) is 0 Å². The summed E-state index contributed by atoms with van der Waals surface area (Å²) < 4.78 is 14.7. The fraction of sp³-hybridized carbons (Fsp3) is 0.667. The molecule has 1 aliphatic rings. The second-order valence-corrected chi connectivity index (χ2v) is 4.24. The van der Waals surface area contributed by atoms with Crippen LogP contribution in [0, 0.1) is 0 Å². The van der Waals surface area contributed by atoms with E-state index in [1.165, 1.54) is 6.92 Å². The molecule has 120 valence electrons. The van der Waals surface area contributed by atoms with Crippen LogP contribution in [0.15, 0.2) is 11.5 Å². The standard InChI is InChI=1S/C12H18O9/c1-2-8(17)20-10-9(7(16)4-14)21-12(18)11(10)19-5-6(15)3-13/h6-7,9,13-16H,2-5H2,1H3. The third-order valence-corrected chi connectivity index (χ3v) is 2.58. The minimum atomic E-state index is -1.49. The first kappa shape index (κ1) is 17.4. The minimum Gasteiger partial charge on any atom is -0.481 e. The second kappa shape index (κ2) is 7.93. The maximum Gasteiger partial charge on any atom is 0.378 e. The highest BCUT2D eigenvalue weighted by atomic mass is 16.6. The summed E-state index contributed by atoms with van der Waals surface area (Å²) in [6.07, 6.45) is -4.10. The van der Waals surface area contributed by atoms with Gasteiger partial charge in [0.1, 0.15) is 18.8 Å². The van der Waals surface area contributed by atoms with Crippen LogP contribution in [0.3, 0.4) is 0 Å². The van der Waals surface area contributed by atoms with E-state index >= 15 is 0 Å². The van der Waals surface area contributed by atoms with E-state index < -0.39 is 55.8 Å². The zero-order valence-corrected chi connectivity index (χ0v) is 11.4. The highest BCUT2D eigenvalue weighted by Gasteiger charge is 2.43. The third kappa shape index (κ3) is 4.39. The zero-order valence-electron chi connectivity index (χ0n) is 11.4. The fourth-order valence-electron chi connectivity index (χ4n) is 1.46. The summed E-state index contributed by atoms with van der Waals surface area (Å²) in [5.74, 6) is -2.54. The number of esters is 2. The third-order valence-electron chi connectivity index (χ3n) is 2.58. The van der Waals surface area contributed by atoms with Gasteiger partial charge in [0, 0.05) is 6.42 Å². The number of ether oxygens (including phenoxy) is 3. The minimum absolute atomic E-state index is 0.00613. The number of rotatable bonds is 8. The molecule has 0 aromatic rings. The molecule has 0 aromatic heterocycles. The number of aliphatic hydroxyl groups excluding tert-OH is 4. The summed E-state index contributed by atoms with van der Waals surface area (Å²) in [4.78, 5) is 23.0. The van der Waals surface area contributed by atoms with Gasteiger partial charge in [0.05, 0.1) is 13.2 Å². The molecule has 1 rings (SSSR count). The van der Waals surface area contributed by atoms with Crippen LogP contribution in [0.1, 0.15) is 13.3 Å². The maximum atomic E-state index is 11.7. The van der Waals surface area contributed by atoms with Crippen LogP contribution in [0.25, 0.3) is 0 Å². The van der Waals surface area contributed by atoms with E-state index in [9.17, 15) is 19.8 Å². The molecule has 9 nitrogen and oxygen atoms in total. The summed E-state index contributed by atoms with van der Waals surface area (Å²) in [6, 6.07) is 0. The van der Waals surface area contributed by atoms with Crippen LogP contribution in [0.4, 0.5) is 0 Å². The molecule has 0 spiro atoms. The van der Waals surface area contributed by atoms with Crippen molar-refractivity contribution in [1.29, 1.82) is 0 Å². The van der Waals surface area contributed by atoms with E-state index in [1.807, 2.05) is 0 Å². The van der Waals surface area contributed by atoms with Gasteiger partial charge in [-0.1, -0.05) is 6.92 Å². The molecular weight excluding hydrogens is 288 g/mol.